The molecule has 0 N–H and O–H groups in total. The predicted molar refractivity (Wildman–Crippen MR) is 55.7 cm³/mol. The molecule has 2 aliphatic heterocycles. The fourth-order valence-corrected chi connectivity index (χ4v) is 4.28. The lowest BCUT2D eigenvalue weighted by Crippen LogP contribution is -2.38. The molecule has 1 aliphatic carbocycles. The van der Waals surface area contributed by atoms with Crippen LogP contribution in [0.5, 0.6) is 0 Å². The van der Waals surface area contributed by atoms with E-state index >= 15 is 0 Å². The Bertz CT molecular complexity index is 241. The number of hydrogen-bond donors (Lipinski definition) is 0. The van der Waals surface area contributed by atoms with Crippen LogP contribution in [0.15, 0.2) is 0 Å². The second kappa shape index (κ2) is 3.17. The first kappa shape index (κ1) is 10.5. The van der Waals surface area contributed by atoms with Crippen LogP contribution in [-0.2, 0) is 18.9 Å². The molecule has 0 aromatic carbocycles. The Labute approximate surface area is 97.3 Å². The lowest BCUT2D eigenvalue weighted by molar-refractivity contribution is -0.183. The number of fused-ring (bicyclic) bond motifs is 1. The molecular formula is C10H15BrO4. The van der Waals surface area contributed by atoms with Gasteiger partial charge in [-0.25, -0.2) is 0 Å². The number of alkyl halides is 1. The molecule has 5 heteroatoms. The number of halogens is 1. The molecule has 2 spiro atoms. The van der Waals surface area contributed by atoms with E-state index in [-0.39, 0.29) is 15.2 Å². The smallest absolute Gasteiger partial charge is 0.146 e. The van der Waals surface area contributed by atoms with Gasteiger partial charge in [0.25, 0.3) is 0 Å². The van der Waals surface area contributed by atoms with Crippen LogP contribution < -0.4 is 0 Å². The summed E-state index contributed by atoms with van der Waals surface area (Å²) in [4.78, 5) is 0. The number of hydrogen-bond acceptors (Lipinski definition) is 4. The summed E-state index contributed by atoms with van der Waals surface area (Å²) in [5.74, 6) is 0. The molecule has 3 rings (SSSR count). The van der Waals surface area contributed by atoms with E-state index in [4.69, 9.17) is 18.9 Å². The molecule has 1 saturated carbocycles. The standard InChI is InChI=1S/C10H15BrO4/c1-8(11)9(2-12-6-13-3-9)10(8)4-14-7-15-5-10/h2-7H2,1H3. The highest BCUT2D eigenvalue weighted by Crippen LogP contribution is 2.77. The van der Waals surface area contributed by atoms with Gasteiger partial charge in [0.15, 0.2) is 0 Å². The minimum Gasteiger partial charge on any atom is -0.355 e. The third-order valence-corrected chi connectivity index (χ3v) is 5.90. The minimum absolute atomic E-state index is 0.00611. The second-order valence-corrected chi connectivity index (χ2v) is 6.38. The SMILES string of the molecule is CC1(Br)C2(COCOC2)C12COCOC2. The summed E-state index contributed by atoms with van der Waals surface area (Å²) < 4.78 is 21.8. The highest BCUT2D eigenvalue weighted by atomic mass is 79.9. The maximum absolute atomic E-state index is 5.45. The summed E-state index contributed by atoms with van der Waals surface area (Å²) in [5, 5.41) is 0. The molecular weight excluding hydrogens is 264 g/mol. The van der Waals surface area contributed by atoms with Crippen LogP contribution in [0.4, 0.5) is 0 Å². The first-order valence-corrected chi connectivity index (χ1v) is 5.96. The van der Waals surface area contributed by atoms with Crippen molar-refractivity contribution in [2.45, 2.75) is 11.2 Å². The van der Waals surface area contributed by atoms with Crippen LogP contribution in [0, 0.1) is 10.8 Å². The molecule has 0 amide bonds. The summed E-state index contributed by atoms with van der Waals surface area (Å²) in [6, 6.07) is 0. The van der Waals surface area contributed by atoms with E-state index in [9.17, 15) is 0 Å². The topological polar surface area (TPSA) is 36.9 Å². The average Bonchev–Trinajstić information content (AvgIpc) is 2.63. The normalized spacial score (nSPS) is 42.0. The molecule has 0 aromatic rings. The molecule has 15 heavy (non-hydrogen) atoms. The Balaban J connectivity index is 1.90. The molecule has 86 valence electrons. The average molecular weight is 279 g/mol. The van der Waals surface area contributed by atoms with Crippen molar-refractivity contribution in [2.24, 2.45) is 10.8 Å². The largest absolute Gasteiger partial charge is 0.355 e. The molecule has 3 aliphatic rings. The van der Waals surface area contributed by atoms with Crippen molar-refractivity contribution in [1.29, 1.82) is 0 Å². The Morgan fingerprint density at radius 3 is 1.47 bits per heavy atom. The molecule has 0 radical (unpaired) electrons. The molecule has 3 fully saturated rings. The third kappa shape index (κ3) is 1.06. The van der Waals surface area contributed by atoms with Gasteiger partial charge in [-0.05, 0) is 6.92 Å². The molecule has 0 atom stereocenters. The van der Waals surface area contributed by atoms with Gasteiger partial charge >= 0.3 is 0 Å². The van der Waals surface area contributed by atoms with Crippen molar-refractivity contribution >= 4 is 15.9 Å². The van der Waals surface area contributed by atoms with E-state index in [1.54, 1.807) is 0 Å². The van der Waals surface area contributed by atoms with Gasteiger partial charge in [-0.3, -0.25) is 0 Å². The van der Waals surface area contributed by atoms with Gasteiger partial charge in [-0.1, -0.05) is 15.9 Å². The van der Waals surface area contributed by atoms with Crippen LogP contribution in [0.3, 0.4) is 0 Å². The van der Waals surface area contributed by atoms with Gasteiger partial charge in [-0.2, -0.15) is 0 Å². The van der Waals surface area contributed by atoms with Gasteiger partial charge in [-0.15, -0.1) is 0 Å². The summed E-state index contributed by atoms with van der Waals surface area (Å²) in [7, 11) is 0. The second-order valence-electron chi connectivity index (χ2n) is 4.80. The molecule has 4 nitrogen and oxygen atoms in total. The van der Waals surface area contributed by atoms with E-state index in [2.05, 4.69) is 22.9 Å². The van der Waals surface area contributed by atoms with Crippen molar-refractivity contribution in [3.05, 3.63) is 0 Å². The zero-order valence-corrected chi connectivity index (χ0v) is 10.3. The Morgan fingerprint density at radius 2 is 1.13 bits per heavy atom. The highest BCUT2D eigenvalue weighted by molar-refractivity contribution is 9.10. The van der Waals surface area contributed by atoms with E-state index in [0.29, 0.717) is 13.6 Å². The highest BCUT2D eigenvalue weighted by Gasteiger charge is 2.84. The first-order chi connectivity index (χ1) is 7.16. The van der Waals surface area contributed by atoms with Crippen LogP contribution in [0.1, 0.15) is 6.92 Å². The van der Waals surface area contributed by atoms with E-state index < -0.39 is 0 Å². The van der Waals surface area contributed by atoms with Crippen LogP contribution >= 0.6 is 15.9 Å². The van der Waals surface area contributed by atoms with Crippen molar-refractivity contribution in [3.63, 3.8) is 0 Å². The van der Waals surface area contributed by atoms with E-state index in [0.717, 1.165) is 26.4 Å². The zero-order valence-electron chi connectivity index (χ0n) is 8.75. The molecule has 2 saturated heterocycles. The van der Waals surface area contributed by atoms with Crippen molar-refractivity contribution in [2.75, 3.05) is 40.0 Å². The van der Waals surface area contributed by atoms with Gasteiger partial charge in [0.05, 0.1) is 26.4 Å². The Morgan fingerprint density at radius 1 is 0.800 bits per heavy atom. The quantitative estimate of drug-likeness (QED) is 0.623. The van der Waals surface area contributed by atoms with Gasteiger partial charge in [0, 0.05) is 15.2 Å². The first-order valence-electron chi connectivity index (χ1n) is 5.16. The van der Waals surface area contributed by atoms with Crippen LogP contribution in [-0.4, -0.2) is 44.3 Å². The zero-order chi connectivity index (χ0) is 10.6. The van der Waals surface area contributed by atoms with Crippen molar-refractivity contribution < 1.29 is 18.9 Å². The summed E-state index contributed by atoms with van der Waals surface area (Å²) in [6.07, 6.45) is 0. The van der Waals surface area contributed by atoms with Gasteiger partial charge < -0.3 is 18.9 Å². The lowest BCUT2D eigenvalue weighted by atomic mass is 9.94. The van der Waals surface area contributed by atoms with Crippen molar-refractivity contribution in [3.8, 4) is 0 Å². The maximum atomic E-state index is 5.45. The van der Waals surface area contributed by atoms with Crippen molar-refractivity contribution in [1.82, 2.24) is 0 Å². The molecule has 0 unspecified atom stereocenters. The lowest BCUT2D eigenvalue weighted by Gasteiger charge is -2.30. The summed E-state index contributed by atoms with van der Waals surface area (Å²) >= 11 is 3.80. The van der Waals surface area contributed by atoms with Crippen LogP contribution in [0.2, 0.25) is 0 Å². The number of ether oxygens (including phenoxy) is 4. The van der Waals surface area contributed by atoms with E-state index in [1.807, 2.05) is 0 Å². The fraction of sp³-hybridized carbons (Fsp3) is 1.00. The fourth-order valence-electron chi connectivity index (χ4n) is 3.16. The molecule has 0 bridgehead atoms. The monoisotopic (exact) mass is 278 g/mol. The maximum Gasteiger partial charge on any atom is 0.146 e. The summed E-state index contributed by atoms with van der Waals surface area (Å²) in [6.45, 7) is 5.89. The minimum atomic E-state index is -0.00611. The van der Waals surface area contributed by atoms with E-state index in [1.165, 1.54) is 0 Å². The Hall–Kier alpha value is 0.320. The third-order valence-electron chi connectivity index (χ3n) is 4.38. The Kier molecular flexibility index (Phi) is 2.21. The van der Waals surface area contributed by atoms with Crippen LogP contribution in [0.25, 0.3) is 0 Å². The molecule has 2 heterocycles. The summed E-state index contributed by atoms with van der Waals surface area (Å²) in [5.41, 5.74) is 0.0251. The van der Waals surface area contributed by atoms with Gasteiger partial charge in [0.1, 0.15) is 13.6 Å². The number of rotatable bonds is 0. The van der Waals surface area contributed by atoms with Gasteiger partial charge in [0.2, 0.25) is 0 Å². The molecule has 0 aromatic heterocycles. The predicted octanol–water partition coefficient (Wildman–Crippen LogP) is 1.14.